The average molecular weight is 821 g/mol. The van der Waals surface area contributed by atoms with Crippen LogP contribution in [0.5, 0.6) is 11.5 Å². The molecule has 4 aromatic carbocycles. The first-order chi connectivity index (χ1) is 24.9. The third kappa shape index (κ3) is 10.1. The quantitative estimate of drug-likeness (QED) is 0.0515. The monoisotopic (exact) mass is 818 g/mol. The van der Waals surface area contributed by atoms with Crippen molar-refractivity contribution in [2.24, 2.45) is 11.8 Å². The van der Waals surface area contributed by atoms with Gasteiger partial charge in [0.25, 0.3) is 0 Å². The third-order valence-electron chi connectivity index (χ3n) is 10.7. The maximum Gasteiger partial charge on any atom is 0.144 e. The highest BCUT2D eigenvalue weighted by Gasteiger charge is 2.23. The fraction of sp³-hybridized carbons (Fsp3) is 0.533. The maximum atomic E-state index is 6.87. The number of ether oxygens (including phenoxy) is 2. The van der Waals surface area contributed by atoms with Crippen LogP contribution in [0.2, 0.25) is 0 Å². The Bertz CT molecular complexity index is 1850. The van der Waals surface area contributed by atoms with Crippen molar-refractivity contribution in [3.63, 3.8) is 0 Å². The highest BCUT2D eigenvalue weighted by Crippen LogP contribution is 2.42. The van der Waals surface area contributed by atoms with E-state index < -0.39 is 0 Å². The van der Waals surface area contributed by atoms with Gasteiger partial charge in [-0.2, -0.15) is 0 Å². The van der Waals surface area contributed by atoms with Crippen LogP contribution in [0, 0.1) is 11.8 Å². The van der Waals surface area contributed by atoms with Gasteiger partial charge < -0.3 is 14.0 Å². The minimum Gasteiger partial charge on any atom is -0.493 e. The summed E-state index contributed by atoms with van der Waals surface area (Å²) in [5, 5.41) is 4.87. The normalized spacial score (nSPS) is 13.0. The lowest BCUT2D eigenvalue weighted by Gasteiger charge is -2.20. The van der Waals surface area contributed by atoms with Gasteiger partial charge in [0.05, 0.1) is 29.8 Å². The molecule has 0 spiro atoms. The number of aryl methyl sites for hydroxylation is 1. The Labute approximate surface area is 324 Å². The molecule has 0 aliphatic carbocycles. The van der Waals surface area contributed by atoms with Crippen LogP contribution in [-0.4, -0.2) is 22.8 Å². The SMILES string of the molecule is CCCCCCCCn1c(-c2ccc(OCC(CC)CCCC)cc2OCC(CC)CCCC)nc2c3cc(Br)ccc3c3ccc(Br)cc3c21. The van der Waals surface area contributed by atoms with Crippen molar-refractivity contribution in [2.75, 3.05) is 13.2 Å². The Morgan fingerprint density at radius 2 is 1.20 bits per heavy atom. The van der Waals surface area contributed by atoms with Gasteiger partial charge in [0.1, 0.15) is 17.3 Å². The number of aromatic nitrogens is 2. The predicted molar refractivity (Wildman–Crippen MR) is 227 cm³/mol. The molecule has 0 saturated heterocycles. The number of unbranched alkanes of at least 4 members (excludes halogenated alkanes) is 7. The van der Waals surface area contributed by atoms with Crippen LogP contribution in [0.3, 0.4) is 0 Å². The molecule has 0 aliphatic rings. The molecule has 5 aromatic rings. The summed E-state index contributed by atoms with van der Waals surface area (Å²) in [5.41, 5.74) is 3.28. The second-order valence-electron chi connectivity index (χ2n) is 14.5. The topological polar surface area (TPSA) is 36.3 Å². The molecule has 0 saturated carbocycles. The fourth-order valence-corrected chi connectivity index (χ4v) is 8.12. The van der Waals surface area contributed by atoms with Crippen LogP contribution in [0.1, 0.15) is 125 Å². The van der Waals surface area contributed by atoms with Gasteiger partial charge in [-0.3, -0.25) is 0 Å². The van der Waals surface area contributed by atoms with Crippen LogP contribution in [-0.2, 0) is 6.54 Å². The molecule has 2 atom stereocenters. The Kier molecular flexibility index (Phi) is 15.6. The summed E-state index contributed by atoms with van der Waals surface area (Å²) in [5.74, 6) is 3.82. The van der Waals surface area contributed by atoms with E-state index in [1.165, 1.54) is 97.7 Å². The number of hydrogen-bond acceptors (Lipinski definition) is 3. The Balaban J connectivity index is 1.66. The van der Waals surface area contributed by atoms with Crippen LogP contribution in [0.15, 0.2) is 63.5 Å². The Morgan fingerprint density at radius 3 is 1.84 bits per heavy atom. The second kappa shape index (κ2) is 20.0. The standard InChI is InChI=1S/C45H60Br2N2O2/c1-6-11-14-15-16-17-26-49-44-41-28-35(47)21-24-38(41)37-23-20-34(46)27-40(37)43(44)48-45(49)39-25-22-36(50-30-32(9-4)18-12-7-2)29-42(39)51-31-33(10-5)19-13-8-3/h20-25,27-29,32-33H,6-19,26,30-31H2,1-5H3. The van der Waals surface area contributed by atoms with Crippen LogP contribution >= 0.6 is 31.9 Å². The number of fused-ring (bicyclic) bond motifs is 6. The summed E-state index contributed by atoms with van der Waals surface area (Å²) in [6, 6.07) is 19.8. The van der Waals surface area contributed by atoms with Crippen molar-refractivity contribution < 1.29 is 9.47 Å². The highest BCUT2D eigenvalue weighted by atomic mass is 79.9. The number of rotatable bonds is 22. The van der Waals surface area contributed by atoms with Crippen LogP contribution < -0.4 is 9.47 Å². The smallest absolute Gasteiger partial charge is 0.144 e. The van der Waals surface area contributed by atoms with E-state index in [-0.39, 0.29) is 0 Å². The van der Waals surface area contributed by atoms with Crippen molar-refractivity contribution in [1.29, 1.82) is 0 Å². The highest BCUT2D eigenvalue weighted by molar-refractivity contribution is 9.10. The summed E-state index contributed by atoms with van der Waals surface area (Å²) in [6.07, 6.45) is 17.0. The first-order valence-corrected chi connectivity index (χ1v) is 21.6. The molecule has 0 aliphatic heterocycles. The summed E-state index contributed by atoms with van der Waals surface area (Å²) in [4.78, 5) is 5.57. The first-order valence-electron chi connectivity index (χ1n) is 20.0. The molecular weight excluding hydrogens is 760 g/mol. The molecule has 2 unspecified atom stereocenters. The zero-order valence-electron chi connectivity index (χ0n) is 31.8. The molecule has 6 heteroatoms. The zero-order chi connectivity index (χ0) is 36.2. The van der Waals surface area contributed by atoms with Crippen molar-refractivity contribution in [3.8, 4) is 22.9 Å². The van der Waals surface area contributed by atoms with E-state index in [4.69, 9.17) is 14.5 Å². The molecule has 1 aromatic heterocycles. The Hall–Kier alpha value is -2.57. The number of halogens is 2. The van der Waals surface area contributed by atoms with E-state index in [2.05, 4.69) is 126 Å². The molecule has 0 fully saturated rings. The van der Waals surface area contributed by atoms with Crippen LogP contribution in [0.25, 0.3) is 44.0 Å². The molecule has 0 amide bonds. The molecule has 276 valence electrons. The lowest BCUT2D eigenvalue weighted by Crippen LogP contribution is -2.13. The average Bonchev–Trinajstić information content (AvgIpc) is 3.52. The maximum absolute atomic E-state index is 6.87. The van der Waals surface area contributed by atoms with E-state index in [9.17, 15) is 0 Å². The zero-order valence-corrected chi connectivity index (χ0v) is 35.0. The van der Waals surface area contributed by atoms with Gasteiger partial charge in [0, 0.05) is 32.3 Å². The summed E-state index contributed by atoms with van der Waals surface area (Å²) in [6.45, 7) is 13.7. The molecule has 0 radical (unpaired) electrons. The molecule has 51 heavy (non-hydrogen) atoms. The number of imidazole rings is 1. The molecule has 4 nitrogen and oxygen atoms in total. The fourth-order valence-electron chi connectivity index (χ4n) is 7.40. The van der Waals surface area contributed by atoms with Gasteiger partial charge in [-0.25, -0.2) is 4.98 Å². The molecule has 1 heterocycles. The number of nitrogens with zero attached hydrogens (tertiary/aromatic N) is 2. The third-order valence-corrected chi connectivity index (χ3v) is 11.7. The molecule has 0 N–H and O–H groups in total. The van der Waals surface area contributed by atoms with Gasteiger partial charge in [-0.15, -0.1) is 0 Å². The van der Waals surface area contributed by atoms with Gasteiger partial charge in [-0.1, -0.05) is 149 Å². The second-order valence-corrected chi connectivity index (χ2v) is 16.4. The largest absolute Gasteiger partial charge is 0.493 e. The van der Waals surface area contributed by atoms with Crippen molar-refractivity contribution in [1.82, 2.24) is 9.55 Å². The summed E-state index contributed by atoms with van der Waals surface area (Å²) >= 11 is 7.59. The van der Waals surface area contributed by atoms with Crippen LogP contribution in [0.4, 0.5) is 0 Å². The Morgan fingerprint density at radius 1 is 0.608 bits per heavy atom. The minimum atomic E-state index is 0.519. The van der Waals surface area contributed by atoms with Gasteiger partial charge in [-0.05, 0) is 78.3 Å². The van der Waals surface area contributed by atoms with Gasteiger partial charge >= 0.3 is 0 Å². The summed E-state index contributed by atoms with van der Waals surface area (Å²) in [7, 11) is 0. The van der Waals surface area contributed by atoms with E-state index in [1.807, 2.05) is 0 Å². The van der Waals surface area contributed by atoms with E-state index in [1.54, 1.807) is 0 Å². The molecular formula is C45H60Br2N2O2. The van der Waals surface area contributed by atoms with Crippen molar-refractivity contribution in [2.45, 2.75) is 131 Å². The first kappa shape index (κ1) is 39.6. The van der Waals surface area contributed by atoms with Gasteiger partial charge in [0.15, 0.2) is 0 Å². The van der Waals surface area contributed by atoms with Crippen molar-refractivity contribution in [3.05, 3.63) is 63.5 Å². The summed E-state index contributed by atoms with van der Waals surface area (Å²) < 4.78 is 18.0. The van der Waals surface area contributed by atoms with Crippen molar-refractivity contribution >= 4 is 64.4 Å². The lowest BCUT2D eigenvalue weighted by atomic mass is 10.00. The lowest BCUT2D eigenvalue weighted by molar-refractivity contribution is 0.223. The number of benzene rings is 4. The van der Waals surface area contributed by atoms with E-state index in [0.717, 1.165) is 69.8 Å². The van der Waals surface area contributed by atoms with E-state index >= 15 is 0 Å². The number of hydrogen-bond donors (Lipinski definition) is 0. The van der Waals surface area contributed by atoms with Gasteiger partial charge in [0.2, 0.25) is 0 Å². The predicted octanol–water partition coefficient (Wildman–Crippen LogP) is 15.1. The minimum absolute atomic E-state index is 0.519. The van der Waals surface area contributed by atoms with E-state index in [0.29, 0.717) is 18.4 Å². The molecule has 0 bridgehead atoms. The molecule has 5 rings (SSSR count).